The number of nitrogens with two attached hydrogens (primary N) is 1. The van der Waals surface area contributed by atoms with Gasteiger partial charge in [-0.25, -0.2) is 0 Å². The maximum absolute atomic E-state index is 6.28. The largest absolute Gasteiger partial charge is 0.485 e. The molecule has 1 heterocycles. The summed E-state index contributed by atoms with van der Waals surface area (Å²) >= 11 is 3.45. The van der Waals surface area contributed by atoms with E-state index in [2.05, 4.69) is 47.1 Å². The number of benzene rings is 2. The molecule has 2 nitrogen and oxygen atoms in total. The van der Waals surface area contributed by atoms with Crippen molar-refractivity contribution in [3.8, 4) is 5.75 Å². The van der Waals surface area contributed by atoms with Gasteiger partial charge in [0.05, 0.1) is 0 Å². The Balaban J connectivity index is 1.92. The van der Waals surface area contributed by atoms with E-state index in [1.165, 1.54) is 11.1 Å². The highest BCUT2D eigenvalue weighted by Gasteiger charge is 2.26. The van der Waals surface area contributed by atoms with Crippen molar-refractivity contribution in [3.05, 3.63) is 63.6 Å². The fraction of sp³-hybridized carbons (Fsp3) is 0.250. The number of rotatable bonds is 1. The quantitative estimate of drug-likeness (QED) is 0.852. The molecule has 0 spiro atoms. The van der Waals surface area contributed by atoms with Gasteiger partial charge in [0.25, 0.3) is 0 Å². The number of aryl methyl sites for hydroxylation is 1. The van der Waals surface area contributed by atoms with Crippen molar-refractivity contribution in [2.45, 2.75) is 25.5 Å². The molecule has 0 amide bonds. The van der Waals surface area contributed by atoms with Gasteiger partial charge >= 0.3 is 0 Å². The second-order valence-corrected chi connectivity index (χ2v) is 5.96. The maximum atomic E-state index is 6.28. The molecule has 0 fully saturated rings. The third kappa shape index (κ3) is 2.53. The normalized spacial score (nSPS) is 21.6. The highest BCUT2D eigenvalue weighted by Crippen LogP contribution is 2.40. The zero-order chi connectivity index (χ0) is 13.4. The summed E-state index contributed by atoms with van der Waals surface area (Å²) in [5, 5.41) is 0. The third-order valence-electron chi connectivity index (χ3n) is 3.54. The molecule has 0 aliphatic carbocycles. The second-order valence-electron chi connectivity index (χ2n) is 5.04. The van der Waals surface area contributed by atoms with Crippen molar-refractivity contribution in [1.82, 2.24) is 0 Å². The van der Waals surface area contributed by atoms with Crippen LogP contribution < -0.4 is 10.5 Å². The molecular formula is C16H16BrNO. The summed E-state index contributed by atoms with van der Waals surface area (Å²) in [6.45, 7) is 2.08. The molecule has 0 aromatic heterocycles. The average molecular weight is 318 g/mol. The standard InChI is InChI=1S/C16H16BrNO/c1-10-2-7-15-13(8-10)14(18)9-16(19-15)11-3-5-12(17)6-4-11/h2-8,14,16H,9,18H2,1H3/t14-,16?/m1/s1. The van der Waals surface area contributed by atoms with Crippen molar-refractivity contribution < 1.29 is 4.74 Å². The van der Waals surface area contributed by atoms with Gasteiger partial charge in [-0.3, -0.25) is 0 Å². The van der Waals surface area contributed by atoms with Gasteiger partial charge in [-0.2, -0.15) is 0 Å². The minimum atomic E-state index is 0.0392. The van der Waals surface area contributed by atoms with Crippen LogP contribution in [0.25, 0.3) is 0 Å². The van der Waals surface area contributed by atoms with Crippen LogP contribution in [0.3, 0.4) is 0 Å². The third-order valence-corrected chi connectivity index (χ3v) is 4.07. The molecule has 2 atom stereocenters. The Morgan fingerprint density at radius 1 is 1.16 bits per heavy atom. The van der Waals surface area contributed by atoms with Crippen molar-refractivity contribution in [2.75, 3.05) is 0 Å². The van der Waals surface area contributed by atoms with E-state index in [1.54, 1.807) is 0 Å². The second kappa shape index (κ2) is 4.99. The lowest BCUT2D eigenvalue weighted by Crippen LogP contribution is -2.24. The summed E-state index contributed by atoms with van der Waals surface area (Å²) in [4.78, 5) is 0. The van der Waals surface area contributed by atoms with Crippen LogP contribution in [0.15, 0.2) is 46.9 Å². The van der Waals surface area contributed by atoms with Crippen molar-refractivity contribution in [2.24, 2.45) is 5.73 Å². The summed E-state index contributed by atoms with van der Waals surface area (Å²) in [5.41, 5.74) is 9.80. The minimum absolute atomic E-state index is 0.0392. The first kappa shape index (κ1) is 12.7. The zero-order valence-corrected chi connectivity index (χ0v) is 12.4. The number of ether oxygens (including phenoxy) is 1. The molecule has 0 saturated carbocycles. The molecule has 2 aromatic rings. The molecular weight excluding hydrogens is 302 g/mol. The Kier molecular flexibility index (Phi) is 3.33. The summed E-state index contributed by atoms with van der Waals surface area (Å²) in [6, 6.07) is 14.5. The summed E-state index contributed by atoms with van der Waals surface area (Å²) in [5.74, 6) is 0.914. The Morgan fingerprint density at radius 2 is 1.89 bits per heavy atom. The lowest BCUT2D eigenvalue weighted by atomic mass is 9.93. The topological polar surface area (TPSA) is 35.2 Å². The van der Waals surface area contributed by atoms with Crippen LogP contribution in [0.5, 0.6) is 5.75 Å². The highest BCUT2D eigenvalue weighted by atomic mass is 79.9. The first-order valence-corrected chi connectivity index (χ1v) is 7.21. The molecule has 3 heteroatoms. The smallest absolute Gasteiger partial charge is 0.126 e. The predicted octanol–water partition coefficient (Wildman–Crippen LogP) is 4.28. The van der Waals surface area contributed by atoms with E-state index in [9.17, 15) is 0 Å². The van der Waals surface area contributed by atoms with Gasteiger partial charge in [0.1, 0.15) is 11.9 Å². The fourth-order valence-electron chi connectivity index (χ4n) is 2.51. The molecule has 3 rings (SSSR count). The molecule has 1 unspecified atom stereocenters. The van der Waals surface area contributed by atoms with Crippen LogP contribution in [0, 0.1) is 6.92 Å². The van der Waals surface area contributed by atoms with Gasteiger partial charge < -0.3 is 10.5 Å². The lowest BCUT2D eigenvalue weighted by molar-refractivity contribution is 0.161. The van der Waals surface area contributed by atoms with Gasteiger partial charge in [0.2, 0.25) is 0 Å². The molecule has 0 saturated heterocycles. The molecule has 1 aliphatic heterocycles. The van der Waals surface area contributed by atoms with Gasteiger partial charge in [-0.15, -0.1) is 0 Å². The maximum Gasteiger partial charge on any atom is 0.126 e. The molecule has 98 valence electrons. The summed E-state index contributed by atoms with van der Waals surface area (Å²) < 4.78 is 7.16. The molecule has 0 bridgehead atoms. The van der Waals surface area contributed by atoms with E-state index in [4.69, 9.17) is 10.5 Å². The van der Waals surface area contributed by atoms with Crippen LogP contribution in [0.1, 0.15) is 35.3 Å². The van der Waals surface area contributed by atoms with Crippen molar-refractivity contribution in [1.29, 1.82) is 0 Å². The predicted molar refractivity (Wildman–Crippen MR) is 80.2 cm³/mol. The van der Waals surface area contributed by atoms with Gasteiger partial charge in [-0.05, 0) is 30.7 Å². The van der Waals surface area contributed by atoms with E-state index in [-0.39, 0.29) is 12.1 Å². The van der Waals surface area contributed by atoms with Crippen molar-refractivity contribution >= 4 is 15.9 Å². The zero-order valence-electron chi connectivity index (χ0n) is 10.8. The van der Waals surface area contributed by atoms with Crippen LogP contribution in [0.2, 0.25) is 0 Å². The van der Waals surface area contributed by atoms with Crippen molar-refractivity contribution in [3.63, 3.8) is 0 Å². The van der Waals surface area contributed by atoms with E-state index in [1.807, 2.05) is 18.2 Å². The van der Waals surface area contributed by atoms with E-state index in [0.29, 0.717) is 0 Å². The van der Waals surface area contributed by atoms with E-state index in [0.717, 1.165) is 22.2 Å². The van der Waals surface area contributed by atoms with E-state index >= 15 is 0 Å². The monoisotopic (exact) mass is 317 g/mol. The number of halogens is 1. The van der Waals surface area contributed by atoms with Gasteiger partial charge in [-0.1, -0.05) is 45.8 Å². The van der Waals surface area contributed by atoms with Crippen LogP contribution in [-0.4, -0.2) is 0 Å². The fourth-order valence-corrected chi connectivity index (χ4v) is 2.77. The number of hydrogen-bond acceptors (Lipinski definition) is 2. The Labute approximate surface area is 121 Å². The number of fused-ring (bicyclic) bond motifs is 1. The number of hydrogen-bond donors (Lipinski definition) is 1. The lowest BCUT2D eigenvalue weighted by Gasteiger charge is -2.31. The minimum Gasteiger partial charge on any atom is -0.485 e. The van der Waals surface area contributed by atoms with Crippen LogP contribution >= 0.6 is 15.9 Å². The van der Waals surface area contributed by atoms with Gasteiger partial charge in [0.15, 0.2) is 0 Å². The van der Waals surface area contributed by atoms with E-state index < -0.39 is 0 Å². The first-order valence-electron chi connectivity index (χ1n) is 6.42. The molecule has 1 aliphatic rings. The molecule has 2 aromatic carbocycles. The average Bonchev–Trinajstić information content (AvgIpc) is 2.40. The molecule has 19 heavy (non-hydrogen) atoms. The van der Waals surface area contributed by atoms with Crippen LogP contribution in [0.4, 0.5) is 0 Å². The summed E-state index contributed by atoms with van der Waals surface area (Å²) in [7, 11) is 0. The molecule has 2 N–H and O–H groups in total. The highest BCUT2D eigenvalue weighted by molar-refractivity contribution is 9.10. The Morgan fingerprint density at radius 3 is 2.63 bits per heavy atom. The Bertz CT molecular complexity index is 594. The van der Waals surface area contributed by atoms with Gasteiger partial charge in [0, 0.05) is 22.5 Å². The molecule has 0 radical (unpaired) electrons. The van der Waals surface area contributed by atoms with Crippen LogP contribution in [-0.2, 0) is 0 Å². The SMILES string of the molecule is Cc1ccc2c(c1)[C@H](N)CC(c1ccc(Br)cc1)O2. The summed E-state index contributed by atoms with van der Waals surface area (Å²) in [6.07, 6.45) is 0.858. The first-order chi connectivity index (χ1) is 9.13. The Hall–Kier alpha value is -1.32.